The highest BCUT2D eigenvalue weighted by molar-refractivity contribution is 5.89. The van der Waals surface area contributed by atoms with Gasteiger partial charge in [0.2, 0.25) is 0 Å². The fraction of sp³-hybridized carbons (Fsp3) is 0.222. The van der Waals surface area contributed by atoms with Gasteiger partial charge in [-0.15, -0.1) is 0 Å². The van der Waals surface area contributed by atoms with Crippen molar-refractivity contribution in [3.05, 3.63) is 71.3 Å². The van der Waals surface area contributed by atoms with E-state index in [-0.39, 0.29) is 13.2 Å². The maximum atomic E-state index is 11.9. The lowest BCUT2D eigenvalue weighted by atomic mass is 10.1. The smallest absolute Gasteiger partial charge is 0.408 e. The van der Waals surface area contributed by atoms with Gasteiger partial charge in [0.05, 0.1) is 25.3 Å². The van der Waals surface area contributed by atoms with Gasteiger partial charge in [0.15, 0.2) is 0 Å². The van der Waals surface area contributed by atoms with E-state index in [0.717, 1.165) is 5.56 Å². The van der Waals surface area contributed by atoms with Crippen molar-refractivity contribution in [3.63, 3.8) is 0 Å². The third-order valence-corrected chi connectivity index (χ3v) is 3.42. The molecule has 24 heavy (non-hydrogen) atoms. The molecule has 126 valence electrons. The van der Waals surface area contributed by atoms with Gasteiger partial charge in [-0.25, -0.2) is 9.59 Å². The summed E-state index contributed by atoms with van der Waals surface area (Å²) in [4.78, 5) is 23.3. The zero-order chi connectivity index (χ0) is 17.4. The number of aliphatic hydroxyl groups is 1. The Hall–Kier alpha value is -2.86. The van der Waals surface area contributed by atoms with E-state index in [0.29, 0.717) is 11.1 Å². The second-order valence-electron chi connectivity index (χ2n) is 5.05. The molecule has 6 nitrogen and oxygen atoms in total. The maximum Gasteiger partial charge on any atom is 0.408 e. The molecule has 2 N–H and O–H groups in total. The molecule has 0 bridgehead atoms. The minimum absolute atomic E-state index is 0.145. The summed E-state index contributed by atoms with van der Waals surface area (Å²) >= 11 is 0. The number of alkyl carbamates (subject to hydrolysis) is 1. The number of hydrogen-bond acceptors (Lipinski definition) is 5. The molecule has 6 heteroatoms. The van der Waals surface area contributed by atoms with Crippen LogP contribution in [0.15, 0.2) is 54.6 Å². The van der Waals surface area contributed by atoms with Gasteiger partial charge in [-0.1, -0.05) is 42.5 Å². The molecule has 0 heterocycles. The van der Waals surface area contributed by atoms with Gasteiger partial charge in [-0.2, -0.15) is 0 Å². The molecular formula is C18H19NO5. The van der Waals surface area contributed by atoms with Crippen molar-refractivity contribution in [2.75, 3.05) is 13.7 Å². The van der Waals surface area contributed by atoms with Crippen molar-refractivity contribution in [1.29, 1.82) is 0 Å². The van der Waals surface area contributed by atoms with Crippen molar-refractivity contribution >= 4 is 12.1 Å². The number of carbonyl (C=O) groups is 2. The molecule has 0 aromatic heterocycles. The molecule has 0 radical (unpaired) electrons. The lowest BCUT2D eigenvalue weighted by Crippen LogP contribution is -2.31. The monoisotopic (exact) mass is 329 g/mol. The first kappa shape index (κ1) is 17.5. The third kappa shape index (κ3) is 4.82. The zero-order valence-corrected chi connectivity index (χ0v) is 13.3. The largest absolute Gasteiger partial charge is 0.465 e. The number of amides is 1. The summed E-state index contributed by atoms with van der Waals surface area (Å²) in [5, 5.41) is 12.1. The normalized spacial score (nSPS) is 11.4. The first-order valence-corrected chi connectivity index (χ1v) is 7.40. The first-order valence-electron chi connectivity index (χ1n) is 7.40. The Labute approximate surface area is 140 Å². The molecule has 2 rings (SSSR count). The number of carbonyl (C=O) groups excluding carboxylic acids is 2. The SMILES string of the molecule is COC(=O)c1ccc(C(CO)NC(=O)OCc2ccccc2)cc1. The summed E-state index contributed by atoms with van der Waals surface area (Å²) < 4.78 is 9.75. The van der Waals surface area contributed by atoms with Crippen LogP contribution in [0.2, 0.25) is 0 Å². The van der Waals surface area contributed by atoms with Crippen LogP contribution in [0.3, 0.4) is 0 Å². The minimum Gasteiger partial charge on any atom is -0.465 e. The van der Waals surface area contributed by atoms with Crippen molar-refractivity contribution in [3.8, 4) is 0 Å². The van der Waals surface area contributed by atoms with Crippen LogP contribution in [0.1, 0.15) is 27.5 Å². The van der Waals surface area contributed by atoms with Crippen molar-refractivity contribution in [1.82, 2.24) is 5.32 Å². The number of methoxy groups -OCH3 is 1. The van der Waals surface area contributed by atoms with Crippen LogP contribution in [0.4, 0.5) is 4.79 Å². The number of aliphatic hydroxyl groups excluding tert-OH is 1. The number of hydrogen-bond donors (Lipinski definition) is 2. The first-order chi connectivity index (χ1) is 11.6. The highest BCUT2D eigenvalue weighted by atomic mass is 16.5. The second-order valence-corrected chi connectivity index (χ2v) is 5.05. The second kappa shape index (κ2) is 8.69. The summed E-state index contributed by atoms with van der Waals surface area (Å²) in [6.45, 7) is -0.149. The Bertz CT molecular complexity index is 670. The fourth-order valence-corrected chi connectivity index (χ4v) is 2.11. The molecule has 2 aromatic carbocycles. The quantitative estimate of drug-likeness (QED) is 0.795. The van der Waals surface area contributed by atoms with Crippen molar-refractivity contribution < 1.29 is 24.2 Å². The van der Waals surface area contributed by atoms with Gasteiger partial charge >= 0.3 is 12.1 Å². The molecular weight excluding hydrogens is 310 g/mol. The molecule has 0 aliphatic carbocycles. The lowest BCUT2D eigenvalue weighted by molar-refractivity contribution is 0.0600. The zero-order valence-electron chi connectivity index (χ0n) is 13.3. The van der Waals surface area contributed by atoms with Gasteiger partial charge in [-0.3, -0.25) is 0 Å². The van der Waals surface area contributed by atoms with Gasteiger partial charge in [0.1, 0.15) is 6.61 Å². The molecule has 1 amide bonds. The third-order valence-electron chi connectivity index (χ3n) is 3.42. The average Bonchev–Trinajstić information content (AvgIpc) is 2.64. The van der Waals surface area contributed by atoms with Crippen LogP contribution in [-0.2, 0) is 16.1 Å². The molecule has 0 fully saturated rings. The molecule has 0 spiro atoms. The summed E-state index contributed by atoms with van der Waals surface area (Å²) in [5.41, 5.74) is 1.92. The van der Waals surface area contributed by atoms with Gasteiger partial charge < -0.3 is 19.9 Å². The highest BCUT2D eigenvalue weighted by Crippen LogP contribution is 2.14. The standard InChI is InChI=1S/C18H19NO5/c1-23-17(21)15-9-7-14(8-10-15)16(11-20)19-18(22)24-12-13-5-3-2-4-6-13/h2-10,16,20H,11-12H2,1H3,(H,19,22). The maximum absolute atomic E-state index is 11.9. The predicted octanol–water partition coefficient (Wildman–Crippen LogP) is 2.43. The molecule has 0 saturated carbocycles. The Morgan fingerprint density at radius 3 is 2.33 bits per heavy atom. The molecule has 1 atom stereocenters. The van der Waals surface area contributed by atoms with E-state index in [2.05, 4.69) is 10.1 Å². The number of ether oxygens (including phenoxy) is 2. The van der Waals surface area contributed by atoms with Crippen LogP contribution in [0, 0.1) is 0 Å². The Balaban J connectivity index is 1.93. The topological polar surface area (TPSA) is 84.9 Å². The summed E-state index contributed by atoms with van der Waals surface area (Å²) in [7, 11) is 1.30. The van der Waals surface area contributed by atoms with E-state index >= 15 is 0 Å². The van der Waals surface area contributed by atoms with Crippen LogP contribution in [0.25, 0.3) is 0 Å². The van der Waals surface area contributed by atoms with Crippen LogP contribution >= 0.6 is 0 Å². The van der Waals surface area contributed by atoms with E-state index < -0.39 is 18.1 Å². The van der Waals surface area contributed by atoms with Gasteiger partial charge in [0, 0.05) is 0 Å². The van der Waals surface area contributed by atoms with E-state index in [1.54, 1.807) is 24.3 Å². The Kier molecular flexibility index (Phi) is 6.33. The van der Waals surface area contributed by atoms with E-state index in [1.807, 2.05) is 30.3 Å². The van der Waals surface area contributed by atoms with Crippen LogP contribution in [0.5, 0.6) is 0 Å². The number of esters is 1. The molecule has 2 aromatic rings. The van der Waals surface area contributed by atoms with Crippen molar-refractivity contribution in [2.24, 2.45) is 0 Å². The highest BCUT2D eigenvalue weighted by Gasteiger charge is 2.15. The van der Waals surface area contributed by atoms with E-state index in [4.69, 9.17) is 4.74 Å². The van der Waals surface area contributed by atoms with Gasteiger partial charge in [-0.05, 0) is 23.3 Å². The summed E-state index contributed by atoms with van der Waals surface area (Å²) in [5.74, 6) is -0.447. The Morgan fingerprint density at radius 2 is 1.75 bits per heavy atom. The number of benzene rings is 2. The summed E-state index contributed by atoms with van der Waals surface area (Å²) in [6.07, 6.45) is -0.630. The van der Waals surface area contributed by atoms with E-state index in [1.165, 1.54) is 7.11 Å². The summed E-state index contributed by atoms with van der Waals surface area (Å²) in [6, 6.07) is 15.1. The molecule has 1 unspecified atom stereocenters. The number of rotatable bonds is 6. The number of nitrogens with one attached hydrogen (secondary N) is 1. The fourth-order valence-electron chi connectivity index (χ4n) is 2.11. The minimum atomic E-state index is -0.630. The van der Waals surface area contributed by atoms with Gasteiger partial charge in [0.25, 0.3) is 0 Å². The molecule has 0 aliphatic rings. The van der Waals surface area contributed by atoms with Crippen LogP contribution in [-0.4, -0.2) is 30.9 Å². The van der Waals surface area contributed by atoms with Crippen molar-refractivity contribution in [2.45, 2.75) is 12.6 Å². The average molecular weight is 329 g/mol. The van der Waals surface area contributed by atoms with Crippen LogP contribution < -0.4 is 5.32 Å². The lowest BCUT2D eigenvalue weighted by Gasteiger charge is -2.17. The van der Waals surface area contributed by atoms with E-state index in [9.17, 15) is 14.7 Å². The molecule has 0 aliphatic heterocycles. The Morgan fingerprint density at radius 1 is 1.08 bits per heavy atom. The predicted molar refractivity (Wildman–Crippen MR) is 87.4 cm³/mol. The molecule has 0 saturated heterocycles.